The fourth-order valence-corrected chi connectivity index (χ4v) is 4.76. The van der Waals surface area contributed by atoms with E-state index in [1.54, 1.807) is 24.5 Å². The van der Waals surface area contributed by atoms with Crippen LogP contribution in [0.25, 0.3) is 10.6 Å². The molecule has 2 heterocycles. The zero-order valence-corrected chi connectivity index (χ0v) is 17.9. The van der Waals surface area contributed by atoms with Crippen LogP contribution in [0.1, 0.15) is 22.7 Å². The molecule has 0 aliphatic heterocycles. The van der Waals surface area contributed by atoms with Crippen LogP contribution < -0.4 is 20.9 Å². The molecule has 1 aromatic carbocycles. The number of nitrogens with two attached hydrogens (primary N) is 2. The lowest BCUT2D eigenvalue weighted by Gasteiger charge is -2.10. The van der Waals surface area contributed by atoms with Gasteiger partial charge in [0.1, 0.15) is 29.9 Å². The number of halogens is 1. The minimum Gasteiger partial charge on any atom is -0.493 e. The fraction of sp³-hybridized carbons (Fsp3) is 0.316. The summed E-state index contributed by atoms with van der Waals surface area (Å²) in [6, 6.07) is 7.03. The van der Waals surface area contributed by atoms with Gasteiger partial charge in [-0.2, -0.15) is 0 Å². The largest absolute Gasteiger partial charge is 0.493 e. The summed E-state index contributed by atoms with van der Waals surface area (Å²) in [6.07, 6.45) is 0. The number of benzene rings is 1. The summed E-state index contributed by atoms with van der Waals surface area (Å²) >= 11 is 3.02. The van der Waals surface area contributed by atoms with Crippen LogP contribution in [0.3, 0.4) is 0 Å². The second-order valence-corrected chi connectivity index (χ2v) is 8.64. The Labute approximate surface area is 176 Å². The second kappa shape index (κ2) is 9.27. The minimum atomic E-state index is -0.570. The quantitative estimate of drug-likeness (QED) is 0.398. The summed E-state index contributed by atoms with van der Waals surface area (Å²) in [4.78, 5) is 14.3. The fourth-order valence-electron chi connectivity index (χ4n) is 2.71. The monoisotopic (exact) mass is 435 g/mol. The van der Waals surface area contributed by atoms with E-state index in [0.29, 0.717) is 28.3 Å². The maximum absolute atomic E-state index is 12.5. The number of methoxy groups -OCH3 is 1. The first-order valence-corrected chi connectivity index (χ1v) is 10.5. The third kappa shape index (κ3) is 5.07. The van der Waals surface area contributed by atoms with Gasteiger partial charge in [-0.05, 0) is 32.0 Å². The number of hydrogen-bond acceptors (Lipinski definition) is 9. The van der Waals surface area contributed by atoms with Crippen LogP contribution in [0, 0.1) is 6.92 Å². The lowest BCUT2D eigenvalue weighted by atomic mass is 10.2. The first-order chi connectivity index (χ1) is 13.9. The SMILES string of the molecule is COc1ccc(-c2nc(C(C)Sc3nc(N)cc(N)n3)c(C)s2)cc1OCCF. The van der Waals surface area contributed by atoms with Crippen LogP contribution in [0.5, 0.6) is 11.5 Å². The Kier molecular flexibility index (Phi) is 6.75. The van der Waals surface area contributed by atoms with Crippen molar-refractivity contribution in [1.29, 1.82) is 0 Å². The molecule has 0 amide bonds. The minimum absolute atomic E-state index is 0.00158. The van der Waals surface area contributed by atoms with Crippen LogP contribution in [0.4, 0.5) is 16.0 Å². The molecule has 0 aliphatic rings. The molecular weight excluding hydrogens is 413 g/mol. The molecule has 0 radical (unpaired) electrons. The van der Waals surface area contributed by atoms with Crippen molar-refractivity contribution in [2.45, 2.75) is 24.3 Å². The number of thioether (sulfide) groups is 1. The number of aryl methyl sites for hydroxylation is 1. The Morgan fingerprint density at radius 2 is 1.86 bits per heavy atom. The first-order valence-electron chi connectivity index (χ1n) is 8.82. The van der Waals surface area contributed by atoms with Crippen molar-refractivity contribution in [2.75, 3.05) is 31.9 Å². The van der Waals surface area contributed by atoms with Gasteiger partial charge in [0, 0.05) is 16.5 Å². The molecule has 1 atom stereocenters. The number of aromatic nitrogens is 3. The van der Waals surface area contributed by atoms with E-state index in [9.17, 15) is 4.39 Å². The number of hydrogen-bond donors (Lipinski definition) is 2. The highest BCUT2D eigenvalue weighted by Crippen LogP contribution is 2.40. The summed E-state index contributed by atoms with van der Waals surface area (Å²) in [7, 11) is 1.55. The lowest BCUT2D eigenvalue weighted by molar-refractivity contribution is 0.260. The molecule has 0 aliphatic carbocycles. The molecule has 0 spiro atoms. The van der Waals surface area contributed by atoms with Gasteiger partial charge >= 0.3 is 0 Å². The first kappa shape index (κ1) is 21.1. The van der Waals surface area contributed by atoms with E-state index in [1.807, 2.05) is 26.0 Å². The molecule has 7 nitrogen and oxygen atoms in total. The predicted octanol–water partition coefficient (Wildman–Crippen LogP) is 4.28. The van der Waals surface area contributed by atoms with Gasteiger partial charge in [-0.15, -0.1) is 11.3 Å². The summed E-state index contributed by atoms with van der Waals surface area (Å²) in [5, 5.41) is 1.35. The van der Waals surface area contributed by atoms with E-state index in [-0.39, 0.29) is 11.9 Å². The zero-order chi connectivity index (χ0) is 21.0. The number of rotatable bonds is 8. The molecular formula is C19H22FN5O2S2. The zero-order valence-electron chi connectivity index (χ0n) is 16.3. The van der Waals surface area contributed by atoms with Crippen molar-refractivity contribution in [2.24, 2.45) is 0 Å². The Morgan fingerprint density at radius 1 is 1.14 bits per heavy atom. The lowest BCUT2D eigenvalue weighted by Crippen LogP contribution is -2.01. The summed E-state index contributed by atoms with van der Waals surface area (Å²) in [6.45, 7) is 3.45. The van der Waals surface area contributed by atoms with Crippen molar-refractivity contribution in [1.82, 2.24) is 15.0 Å². The molecule has 3 aromatic rings. The molecule has 2 aromatic heterocycles. The maximum Gasteiger partial charge on any atom is 0.192 e. The summed E-state index contributed by atoms with van der Waals surface area (Å²) in [5.74, 6) is 1.71. The predicted molar refractivity (Wildman–Crippen MR) is 115 cm³/mol. The van der Waals surface area contributed by atoms with Crippen molar-refractivity contribution < 1.29 is 13.9 Å². The van der Waals surface area contributed by atoms with E-state index >= 15 is 0 Å². The Bertz CT molecular complexity index is 978. The Hall–Kier alpha value is -2.59. The van der Waals surface area contributed by atoms with Gasteiger partial charge in [0.05, 0.1) is 18.1 Å². The van der Waals surface area contributed by atoms with Crippen molar-refractivity contribution in [3.05, 3.63) is 34.8 Å². The van der Waals surface area contributed by atoms with Crippen molar-refractivity contribution >= 4 is 34.7 Å². The summed E-state index contributed by atoms with van der Waals surface area (Å²) in [5.41, 5.74) is 13.3. The van der Waals surface area contributed by atoms with Crippen LogP contribution in [-0.4, -0.2) is 35.3 Å². The average molecular weight is 436 g/mol. The van der Waals surface area contributed by atoms with Gasteiger partial charge in [0.15, 0.2) is 16.7 Å². The summed E-state index contributed by atoms with van der Waals surface area (Å²) < 4.78 is 23.2. The molecule has 154 valence electrons. The van der Waals surface area contributed by atoms with E-state index < -0.39 is 6.67 Å². The molecule has 1 unspecified atom stereocenters. The molecule has 0 saturated heterocycles. The number of alkyl halides is 1. The van der Waals surface area contributed by atoms with E-state index in [2.05, 4.69) is 9.97 Å². The van der Waals surface area contributed by atoms with Crippen LogP contribution in [0.15, 0.2) is 29.4 Å². The van der Waals surface area contributed by atoms with Crippen LogP contribution in [-0.2, 0) is 0 Å². The Balaban J connectivity index is 1.85. The molecule has 29 heavy (non-hydrogen) atoms. The number of ether oxygens (including phenoxy) is 2. The van der Waals surface area contributed by atoms with Crippen molar-refractivity contribution in [3.8, 4) is 22.1 Å². The number of thiazole rings is 1. The van der Waals surface area contributed by atoms with Crippen molar-refractivity contribution in [3.63, 3.8) is 0 Å². The topological polar surface area (TPSA) is 109 Å². The maximum atomic E-state index is 12.5. The van der Waals surface area contributed by atoms with E-state index in [0.717, 1.165) is 21.1 Å². The number of nitrogens with zero attached hydrogens (tertiary/aromatic N) is 3. The third-order valence-electron chi connectivity index (χ3n) is 3.99. The number of nitrogen functional groups attached to an aromatic ring is 2. The van der Waals surface area contributed by atoms with Gasteiger partial charge in [-0.1, -0.05) is 11.8 Å². The highest BCUT2D eigenvalue weighted by Gasteiger charge is 2.19. The smallest absolute Gasteiger partial charge is 0.192 e. The average Bonchev–Trinajstić information content (AvgIpc) is 3.07. The Morgan fingerprint density at radius 3 is 2.52 bits per heavy atom. The molecule has 10 heteroatoms. The van der Waals surface area contributed by atoms with E-state index in [4.69, 9.17) is 25.9 Å². The van der Waals surface area contributed by atoms with E-state index in [1.165, 1.54) is 17.8 Å². The number of anilines is 2. The van der Waals surface area contributed by atoms with Gasteiger partial charge < -0.3 is 20.9 Å². The standard InChI is InChI=1S/C19H22FN5O2S2/c1-10-17(11(2)29-19-23-15(21)9-16(22)24-19)25-18(28-10)12-4-5-13(26-3)14(8-12)27-7-6-20/h4-5,8-9,11H,6-7H2,1-3H3,(H4,21,22,23,24). The van der Waals surface area contributed by atoms with Crippen LogP contribution >= 0.6 is 23.1 Å². The molecule has 0 fully saturated rings. The highest BCUT2D eigenvalue weighted by molar-refractivity contribution is 7.99. The molecule has 3 rings (SSSR count). The normalized spacial score (nSPS) is 12.0. The van der Waals surface area contributed by atoms with Gasteiger partial charge in [-0.25, -0.2) is 19.3 Å². The van der Waals surface area contributed by atoms with Crippen LogP contribution in [0.2, 0.25) is 0 Å². The van der Waals surface area contributed by atoms with Gasteiger partial charge in [0.25, 0.3) is 0 Å². The van der Waals surface area contributed by atoms with Gasteiger partial charge in [-0.3, -0.25) is 0 Å². The second-order valence-electron chi connectivity index (χ2n) is 6.12. The molecule has 0 saturated carbocycles. The highest BCUT2D eigenvalue weighted by atomic mass is 32.2. The molecule has 0 bridgehead atoms. The third-order valence-corrected chi connectivity index (χ3v) is 6.00. The van der Waals surface area contributed by atoms with Gasteiger partial charge in [0.2, 0.25) is 0 Å². The molecule has 4 N–H and O–H groups in total.